The molecular weight excluding hydrogens is 532 g/mol. The van der Waals surface area contributed by atoms with Gasteiger partial charge in [-0.2, -0.15) is 0 Å². The van der Waals surface area contributed by atoms with Crippen LogP contribution in [0.4, 0.5) is 0 Å². The largest absolute Gasteiger partial charge is 0.480 e. The van der Waals surface area contributed by atoms with Crippen LogP contribution in [0.15, 0.2) is 79.1 Å². The molecule has 3 atom stereocenters. The maximum Gasteiger partial charge on any atom is 0.377 e. The highest BCUT2D eigenvalue weighted by Crippen LogP contribution is 2.33. The molecule has 0 spiro atoms. The molecule has 2 aromatic carbocycles. The van der Waals surface area contributed by atoms with Crippen molar-refractivity contribution in [2.45, 2.75) is 43.6 Å². The number of rotatable bonds is 12. The van der Waals surface area contributed by atoms with E-state index in [1.165, 1.54) is 0 Å². The molecule has 0 radical (unpaired) electrons. The Hall–Kier alpha value is -4.61. The molecule has 0 aliphatic carbocycles. The third-order valence-electron chi connectivity index (χ3n) is 7.17. The monoisotopic (exact) mass is 562 g/mol. The lowest BCUT2D eigenvalue weighted by Crippen LogP contribution is -2.52. The Morgan fingerprint density at radius 3 is 2.20 bits per heavy atom. The molecule has 3 N–H and O–H groups in total. The summed E-state index contributed by atoms with van der Waals surface area (Å²) in [4.78, 5) is 53.9. The Morgan fingerprint density at radius 1 is 0.951 bits per heavy atom. The smallest absolute Gasteiger partial charge is 0.377 e. The second-order valence-electron chi connectivity index (χ2n) is 9.74. The summed E-state index contributed by atoms with van der Waals surface area (Å²) < 4.78 is 10.0. The first-order valence-corrected chi connectivity index (χ1v) is 13.0. The number of nitrogens with zero attached hydrogens (tertiary/aromatic N) is 2. The fraction of sp³-hybridized carbons (Fsp3) is 0.300. The molecule has 1 saturated heterocycles. The number of ether oxygens (including phenoxy) is 2. The van der Waals surface area contributed by atoms with E-state index in [-0.39, 0.29) is 5.92 Å². The number of carboxylic acids is 3. The van der Waals surface area contributed by atoms with E-state index in [2.05, 4.69) is 4.98 Å². The number of amides is 1. The summed E-state index contributed by atoms with van der Waals surface area (Å²) in [5.74, 6) is -9.40. The minimum Gasteiger partial charge on any atom is -0.480 e. The third kappa shape index (κ3) is 6.59. The van der Waals surface area contributed by atoms with Gasteiger partial charge in [0.25, 0.3) is 5.91 Å². The van der Waals surface area contributed by atoms with Crippen LogP contribution in [0.25, 0.3) is 11.1 Å². The number of benzene rings is 2. The van der Waals surface area contributed by atoms with Gasteiger partial charge in [-0.15, -0.1) is 0 Å². The average Bonchev–Trinajstić information content (AvgIpc) is 3.44. The molecule has 3 unspecified atom stereocenters. The van der Waals surface area contributed by atoms with Gasteiger partial charge in [-0.25, -0.2) is 9.59 Å². The van der Waals surface area contributed by atoms with Crippen molar-refractivity contribution >= 4 is 23.8 Å². The minimum absolute atomic E-state index is 0.340. The lowest BCUT2D eigenvalue weighted by atomic mass is 9.85. The molecular formula is C30H30N2O9. The molecule has 1 aromatic heterocycles. The molecule has 4 rings (SSSR count). The molecule has 11 nitrogen and oxygen atoms in total. The van der Waals surface area contributed by atoms with Gasteiger partial charge < -0.3 is 29.7 Å². The zero-order valence-electron chi connectivity index (χ0n) is 22.3. The Bertz CT molecular complexity index is 1370. The van der Waals surface area contributed by atoms with Crippen LogP contribution in [0.5, 0.6) is 0 Å². The number of hydrogen-bond donors (Lipinski definition) is 3. The van der Waals surface area contributed by atoms with Crippen LogP contribution >= 0.6 is 0 Å². The van der Waals surface area contributed by atoms with Crippen LogP contribution in [0.1, 0.15) is 30.4 Å². The van der Waals surface area contributed by atoms with Gasteiger partial charge in [-0.3, -0.25) is 14.6 Å². The van der Waals surface area contributed by atoms with Crippen LogP contribution in [0.2, 0.25) is 0 Å². The molecule has 1 amide bonds. The van der Waals surface area contributed by atoms with Crippen LogP contribution in [-0.4, -0.2) is 80.1 Å². The van der Waals surface area contributed by atoms with Crippen molar-refractivity contribution in [1.82, 2.24) is 9.88 Å². The van der Waals surface area contributed by atoms with E-state index >= 15 is 0 Å². The highest BCUT2D eigenvalue weighted by molar-refractivity contribution is 6.01. The average molecular weight is 563 g/mol. The first kappa shape index (κ1) is 29.4. The summed E-state index contributed by atoms with van der Waals surface area (Å²) in [5.41, 5.74) is 3.78. The predicted molar refractivity (Wildman–Crippen MR) is 145 cm³/mol. The number of aromatic nitrogens is 1. The van der Waals surface area contributed by atoms with Crippen molar-refractivity contribution in [3.8, 4) is 11.1 Å². The molecule has 11 heteroatoms. The molecule has 1 aliphatic rings. The van der Waals surface area contributed by atoms with Crippen molar-refractivity contribution in [2.75, 3.05) is 13.2 Å². The minimum atomic E-state index is -3.05. The number of carbonyl (C=O) groups is 4. The van der Waals surface area contributed by atoms with Crippen molar-refractivity contribution in [3.05, 3.63) is 90.3 Å². The maximum absolute atomic E-state index is 13.6. The number of carbonyl (C=O) groups excluding carboxylic acids is 1. The topological polar surface area (TPSA) is 164 Å². The number of pyridine rings is 1. The predicted octanol–water partition coefficient (Wildman–Crippen LogP) is 3.05. The van der Waals surface area contributed by atoms with Crippen LogP contribution in [-0.2, 0) is 35.1 Å². The molecule has 2 heterocycles. The summed E-state index contributed by atoms with van der Waals surface area (Å²) in [6.07, 6.45) is 3.00. The van der Waals surface area contributed by atoms with Gasteiger partial charge in [0.2, 0.25) is 0 Å². The summed E-state index contributed by atoms with van der Waals surface area (Å²) in [6, 6.07) is 20.5. The van der Waals surface area contributed by atoms with Gasteiger partial charge >= 0.3 is 23.7 Å². The fourth-order valence-corrected chi connectivity index (χ4v) is 4.98. The van der Waals surface area contributed by atoms with Crippen molar-refractivity contribution < 1.29 is 44.0 Å². The number of carboxylic acid groups (broad SMARTS) is 3. The lowest BCUT2D eigenvalue weighted by molar-refractivity contribution is -0.218. The van der Waals surface area contributed by atoms with Gasteiger partial charge in [0.15, 0.2) is 6.10 Å². The molecule has 41 heavy (non-hydrogen) atoms. The highest BCUT2D eigenvalue weighted by Gasteiger charge is 2.58. The molecule has 3 aromatic rings. The van der Waals surface area contributed by atoms with Crippen LogP contribution < -0.4 is 0 Å². The van der Waals surface area contributed by atoms with E-state index in [9.17, 15) is 34.5 Å². The third-order valence-corrected chi connectivity index (χ3v) is 7.17. The fourth-order valence-electron chi connectivity index (χ4n) is 4.98. The van der Waals surface area contributed by atoms with Crippen molar-refractivity contribution in [3.63, 3.8) is 0 Å². The number of aryl methyl sites for hydroxylation is 1. The van der Waals surface area contributed by atoms with Gasteiger partial charge in [0.1, 0.15) is 6.54 Å². The van der Waals surface area contributed by atoms with Crippen LogP contribution in [0, 0.1) is 0 Å². The molecule has 0 bridgehead atoms. The zero-order chi connectivity index (χ0) is 29.6. The quantitative estimate of drug-likeness (QED) is 0.280. The van der Waals surface area contributed by atoms with Crippen LogP contribution in [0.3, 0.4) is 0 Å². The first-order chi connectivity index (χ1) is 19.6. The second kappa shape index (κ2) is 12.7. The summed E-state index contributed by atoms with van der Waals surface area (Å²) >= 11 is 0. The SMILES string of the molecule is CC(C(CCc1ccccc1)c1ccc(-c2cccnc2)cc1)N(CC(=O)O)C(=O)C1COC(C(=O)O)(C(=O)O)O1. The number of aliphatic carboxylic acids is 3. The first-order valence-electron chi connectivity index (χ1n) is 13.0. The maximum atomic E-state index is 13.6. The molecule has 1 aliphatic heterocycles. The molecule has 1 fully saturated rings. The van der Waals surface area contributed by atoms with E-state index in [0.717, 1.165) is 27.2 Å². The van der Waals surface area contributed by atoms with Gasteiger partial charge in [0.05, 0.1) is 6.61 Å². The lowest BCUT2D eigenvalue weighted by Gasteiger charge is -2.35. The van der Waals surface area contributed by atoms with E-state index in [1.54, 1.807) is 19.3 Å². The summed E-state index contributed by atoms with van der Waals surface area (Å²) in [6.45, 7) is 0.348. The molecule has 0 saturated carbocycles. The highest BCUT2D eigenvalue weighted by atomic mass is 16.8. The molecule has 214 valence electrons. The van der Waals surface area contributed by atoms with Crippen molar-refractivity contribution in [1.29, 1.82) is 0 Å². The standard InChI is InChI=1S/C30H30N2O9/c1-19(32(17-26(33)34)27(35)25-18-40-30(41-25,28(36)37)29(38)39)24(14-9-20-6-3-2-4-7-20)22-12-10-21(11-13-22)23-8-5-15-31-16-23/h2-8,10-13,15-16,19,24-25H,9,14,17-18H2,1H3,(H,33,34)(H,36,37)(H,38,39). The Balaban J connectivity index is 1.64. The van der Waals surface area contributed by atoms with Gasteiger partial charge in [-0.1, -0.05) is 60.7 Å². The summed E-state index contributed by atoms with van der Waals surface area (Å²) in [5, 5.41) is 28.5. The van der Waals surface area contributed by atoms with Crippen molar-refractivity contribution in [2.24, 2.45) is 0 Å². The Labute approximate surface area is 236 Å². The Kier molecular flexibility index (Phi) is 9.10. The number of hydrogen-bond acceptors (Lipinski definition) is 7. The van der Waals surface area contributed by atoms with E-state index in [0.29, 0.717) is 12.8 Å². The van der Waals surface area contributed by atoms with Gasteiger partial charge in [-0.05, 0) is 48.1 Å². The summed E-state index contributed by atoms with van der Waals surface area (Å²) in [7, 11) is 0. The Morgan fingerprint density at radius 2 is 1.63 bits per heavy atom. The van der Waals surface area contributed by atoms with Gasteiger partial charge in [0, 0.05) is 24.4 Å². The second-order valence-corrected chi connectivity index (χ2v) is 9.74. The zero-order valence-corrected chi connectivity index (χ0v) is 22.3. The van der Waals surface area contributed by atoms with E-state index in [1.807, 2.05) is 66.7 Å². The normalized spacial score (nSPS) is 17.3. The van der Waals surface area contributed by atoms with E-state index < -0.39 is 54.9 Å². The van der Waals surface area contributed by atoms with E-state index in [4.69, 9.17) is 9.47 Å².